The van der Waals surface area contributed by atoms with Crippen LogP contribution in [0.1, 0.15) is 18.8 Å². The third-order valence-corrected chi connectivity index (χ3v) is 5.20. The van der Waals surface area contributed by atoms with E-state index >= 15 is 0 Å². The molecule has 2 N–H and O–H groups in total. The predicted octanol–water partition coefficient (Wildman–Crippen LogP) is 4.13. The molecule has 3 heterocycles. The van der Waals surface area contributed by atoms with Crippen LogP contribution in [0.2, 0.25) is 10.0 Å². The maximum absolute atomic E-state index is 12.6. The molecule has 10 nitrogen and oxygen atoms in total. The van der Waals surface area contributed by atoms with Crippen LogP contribution in [-0.2, 0) is 6.54 Å². The normalized spacial score (nSPS) is 11.7. The lowest BCUT2D eigenvalue weighted by Crippen LogP contribution is -2.32. The van der Waals surface area contributed by atoms with Crippen LogP contribution in [0.3, 0.4) is 0 Å². The molecule has 0 unspecified atom stereocenters. The van der Waals surface area contributed by atoms with E-state index in [9.17, 15) is 4.79 Å². The van der Waals surface area contributed by atoms with Crippen LogP contribution in [0.15, 0.2) is 61.4 Å². The van der Waals surface area contributed by atoms with E-state index in [0.717, 1.165) is 0 Å². The molecule has 0 spiro atoms. The Morgan fingerprint density at radius 3 is 2.61 bits per heavy atom. The molecule has 0 saturated carbocycles. The van der Waals surface area contributed by atoms with Gasteiger partial charge in [-0.2, -0.15) is 9.78 Å². The van der Waals surface area contributed by atoms with Gasteiger partial charge in [-0.15, -0.1) is 0 Å². The topological polar surface area (TPSA) is 112 Å². The number of nitrogens with one attached hydrogen (secondary N) is 2. The number of aromatic nitrogens is 6. The Hall–Kier alpha value is -3.63. The van der Waals surface area contributed by atoms with Gasteiger partial charge in [0.05, 0.1) is 28.3 Å². The number of amides is 2. The van der Waals surface area contributed by atoms with Gasteiger partial charge in [0, 0.05) is 30.9 Å². The maximum atomic E-state index is 12.6. The molecule has 0 aliphatic carbocycles. The van der Waals surface area contributed by atoms with Gasteiger partial charge in [-0.25, -0.2) is 19.7 Å². The van der Waals surface area contributed by atoms with Crippen LogP contribution >= 0.6 is 23.2 Å². The van der Waals surface area contributed by atoms with Gasteiger partial charge in [0.15, 0.2) is 5.82 Å². The fourth-order valence-corrected chi connectivity index (χ4v) is 3.52. The summed E-state index contributed by atoms with van der Waals surface area (Å²) in [7, 11) is 0. The van der Waals surface area contributed by atoms with Crippen LogP contribution in [0, 0.1) is 0 Å². The Balaban J connectivity index is 1.40. The number of anilines is 1. The van der Waals surface area contributed by atoms with E-state index in [-0.39, 0.29) is 5.02 Å². The van der Waals surface area contributed by atoms with E-state index in [4.69, 9.17) is 27.9 Å². The van der Waals surface area contributed by atoms with Crippen LogP contribution in [0.5, 0.6) is 5.75 Å². The summed E-state index contributed by atoms with van der Waals surface area (Å²) < 4.78 is 9.21. The molecule has 3 aromatic heterocycles. The first-order valence-corrected chi connectivity index (χ1v) is 10.7. The van der Waals surface area contributed by atoms with Gasteiger partial charge >= 0.3 is 6.03 Å². The average molecular weight is 487 g/mol. The fraction of sp³-hybridized carbons (Fsp3) is 0.190. The number of nitrogens with zero attached hydrogens (tertiary/aromatic N) is 6. The second kappa shape index (κ2) is 10.3. The number of carbonyl (C=O) groups excluding carboxylic acids is 1. The second-order valence-corrected chi connectivity index (χ2v) is 7.75. The van der Waals surface area contributed by atoms with Gasteiger partial charge in [-0.05, 0) is 31.2 Å². The molecule has 0 aliphatic heterocycles. The molecule has 0 bridgehead atoms. The summed E-state index contributed by atoms with van der Waals surface area (Å²) in [5.41, 5.74) is 0.356. The first-order chi connectivity index (χ1) is 16.0. The Labute approximate surface area is 199 Å². The number of rotatable bonds is 8. The molecule has 1 aromatic carbocycles. The van der Waals surface area contributed by atoms with Crippen molar-refractivity contribution in [3.05, 3.63) is 77.3 Å². The summed E-state index contributed by atoms with van der Waals surface area (Å²) in [5, 5.41) is 10.3. The molecule has 0 aliphatic rings. The van der Waals surface area contributed by atoms with E-state index in [1.165, 1.54) is 17.1 Å². The van der Waals surface area contributed by atoms with Crippen molar-refractivity contribution in [2.45, 2.75) is 19.5 Å². The molecular weight excluding hydrogens is 467 g/mol. The molecular formula is C21H20Cl2N8O2. The quantitative estimate of drug-likeness (QED) is 0.387. The van der Waals surface area contributed by atoms with Gasteiger partial charge in [-0.1, -0.05) is 23.2 Å². The number of halogens is 2. The second-order valence-electron chi connectivity index (χ2n) is 6.93. The van der Waals surface area contributed by atoms with Crippen molar-refractivity contribution >= 4 is 34.9 Å². The summed E-state index contributed by atoms with van der Waals surface area (Å²) >= 11 is 12.5. The highest BCUT2D eigenvalue weighted by Gasteiger charge is 2.19. The van der Waals surface area contributed by atoms with Crippen LogP contribution in [0.25, 0.3) is 5.95 Å². The first kappa shape index (κ1) is 22.6. The van der Waals surface area contributed by atoms with E-state index in [2.05, 4.69) is 30.7 Å². The lowest BCUT2D eigenvalue weighted by molar-refractivity contribution is 0.248. The van der Waals surface area contributed by atoms with E-state index < -0.39 is 12.1 Å². The zero-order valence-electron chi connectivity index (χ0n) is 17.5. The van der Waals surface area contributed by atoms with Crippen molar-refractivity contribution in [2.75, 3.05) is 11.9 Å². The number of carbonyl (C=O) groups is 1. The largest absolute Gasteiger partial charge is 0.490 e. The molecule has 33 heavy (non-hydrogen) atoms. The molecule has 0 saturated heterocycles. The third kappa shape index (κ3) is 5.60. The zero-order chi connectivity index (χ0) is 23.2. The average Bonchev–Trinajstić information content (AvgIpc) is 3.49. The van der Waals surface area contributed by atoms with Gasteiger partial charge < -0.3 is 19.9 Å². The molecule has 4 rings (SSSR count). The van der Waals surface area contributed by atoms with E-state index in [0.29, 0.717) is 41.4 Å². The summed E-state index contributed by atoms with van der Waals surface area (Å²) in [4.78, 5) is 25.2. The minimum Gasteiger partial charge on any atom is -0.490 e. The number of hydrogen-bond acceptors (Lipinski definition) is 6. The summed E-state index contributed by atoms with van der Waals surface area (Å²) in [6.07, 6.45) is 8.44. The Kier molecular flexibility index (Phi) is 7.06. The van der Waals surface area contributed by atoms with Gasteiger partial charge in [0.25, 0.3) is 5.95 Å². The predicted molar refractivity (Wildman–Crippen MR) is 124 cm³/mol. The van der Waals surface area contributed by atoms with Crippen molar-refractivity contribution in [3.63, 3.8) is 0 Å². The summed E-state index contributed by atoms with van der Waals surface area (Å²) in [5.74, 6) is 1.23. The van der Waals surface area contributed by atoms with Gasteiger partial charge in [0.1, 0.15) is 18.7 Å². The van der Waals surface area contributed by atoms with Crippen molar-refractivity contribution in [3.8, 4) is 11.7 Å². The fourth-order valence-electron chi connectivity index (χ4n) is 3.04. The highest BCUT2D eigenvalue weighted by atomic mass is 35.5. The standard InChI is InChI=1S/C21H20Cl2N8O2/c1-14(19-26-13-27-31(19)20-24-5-4-6-25-20)28-21(32)29-17-12-18(16(23)11-15(17)22)33-10-9-30-7-2-3-8-30/h2-8,11-14H,9-10H2,1H3,(H2,28,29,32)/t14-/m0/s1. The molecule has 1 atom stereocenters. The Morgan fingerprint density at radius 1 is 1.09 bits per heavy atom. The first-order valence-electron chi connectivity index (χ1n) is 9.98. The SMILES string of the molecule is C[C@H](NC(=O)Nc1cc(OCCn2cccc2)c(Cl)cc1Cl)c1ncnn1-c1ncccn1. The molecule has 4 aromatic rings. The number of urea groups is 1. The van der Waals surface area contributed by atoms with Gasteiger partial charge in [0.2, 0.25) is 0 Å². The molecule has 0 fully saturated rings. The van der Waals surface area contributed by atoms with Crippen molar-refractivity contribution in [1.29, 1.82) is 0 Å². The Morgan fingerprint density at radius 2 is 1.85 bits per heavy atom. The van der Waals surface area contributed by atoms with Crippen LogP contribution in [0.4, 0.5) is 10.5 Å². The molecule has 2 amide bonds. The van der Waals surface area contributed by atoms with Crippen LogP contribution in [-0.4, -0.2) is 41.9 Å². The highest BCUT2D eigenvalue weighted by Crippen LogP contribution is 2.34. The summed E-state index contributed by atoms with van der Waals surface area (Å²) in [6, 6.07) is 7.69. The van der Waals surface area contributed by atoms with E-state index in [1.54, 1.807) is 31.5 Å². The monoisotopic (exact) mass is 486 g/mol. The highest BCUT2D eigenvalue weighted by molar-refractivity contribution is 6.37. The lowest BCUT2D eigenvalue weighted by atomic mass is 10.3. The smallest absolute Gasteiger partial charge is 0.319 e. The third-order valence-electron chi connectivity index (χ3n) is 4.59. The lowest BCUT2D eigenvalue weighted by Gasteiger charge is -2.16. The minimum absolute atomic E-state index is 0.279. The molecule has 0 radical (unpaired) electrons. The van der Waals surface area contributed by atoms with Crippen molar-refractivity contribution < 1.29 is 9.53 Å². The minimum atomic E-state index is -0.500. The molecule has 12 heteroatoms. The zero-order valence-corrected chi connectivity index (χ0v) is 19.0. The number of ether oxygens (including phenoxy) is 1. The maximum Gasteiger partial charge on any atom is 0.319 e. The molecule has 170 valence electrons. The van der Waals surface area contributed by atoms with Crippen LogP contribution < -0.4 is 15.4 Å². The number of hydrogen-bond donors (Lipinski definition) is 2. The summed E-state index contributed by atoms with van der Waals surface area (Å²) in [6.45, 7) is 2.82. The van der Waals surface area contributed by atoms with Crippen molar-refractivity contribution in [1.82, 2.24) is 34.6 Å². The number of benzene rings is 1. The van der Waals surface area contributed by atoms with E-state index in [1.807, 2.05) is 29.1 Å². The van der Waals surface area contributed by atoms with Crippen molar-refractivity contribution in [2.24, 2.45) is 0 Å². The van der Waals surface area contributed by atoms with Gasteiger partial charge in [-0.3, -0.25) is 0 Å². The Bertz CT molecular complexity index is 1210.